The molecule has 1 saturated carbocycles. The zero-order chi connectivity index (χ0) is 9.47. The molecule has 0 spiro atoms. The van der Waals surface area contributed by atoms with Crippen LogP contribution in [0.3, 0.4) is 0 Å². The van der Waals surface area contributed by atoms with Crippen molar-refractivity contribution in [3.63, 3.8) is 0 Å². The second kappa shape index (κ2) is 3.25. The molecular formula is C11H21NO. The van der Waals surface area contributed by atoms with Gasteiger partial charge in [-0.05, 0) is 25.7 Å². The molecule has 0 radical (unpaired) electrons. The van der Waals surface area contributed by atoms with Crippen LogP contribution in [-0.2, 0) is 0 Å². The summed E-state index contributed by atoms with van der Waals surface area (Å²) in [7, 11) is 0. The summed E-state index contributed by atoms with van der Waals surface area (Å²) in [4.78, 5) is 2.38. The van der Waals surface area contributed by atoms with Crippen LogP contribution in [0.5, 0.6) is 0 Å². The van der Waals surface area contributed by atoms with Crippen LogP contribution < -0.4 is 0 Å². The van der Waals surface area contributed by atoms with Gasteiger partial charge in [0.05, 0.1) is 5.60 Å². The SMILES string of the molecule is CC(C)(O)CN1CC(C2CCC2)C1. The number of nitrogens with zero attached hydrogens (tertiary/aromatic N) is 1. The first-order valence-electron chi connectivity index (χ1n) is 5.49. The van der Waals surface area contributed by atoms with Crippen LogP contribution in [0.4, 0.5) is 0 Å². The largest absolute Gasteiger partial charge is 0.389 e. The van der Waals surface area contributed by atoms with Gasteiger partial charge in [-0.3, -0.25) is 4.90 Å². The van der Waals surface area contributed by atoms with Crippen molar-refractivity contribution in [2.45, 2.75) is 38.7 Å². The van der Waals surface area contributed by atoms with E-state index in [1.165, 1.54) is 32.4 Å². The predicted octanol–water partition coefficient (Wildman–Crippen LogP) is 1.49. The highest BCUT2D eigenvalue weighted by Gasteiger charge is 2.37. The van der Waals surface area contributed by atoms with Gasteiger partial charge in [0.1, 0.15) is 0 Å². The van der Waals surface area contributed by atoms with Gasteiger partial charge in [0, 0.05) is 19.6 Å². The van der Waals surface area contributed by atoms with Gasteiger partial charge in [0.2, 0.25) is 0 Å². The van der Waals surface area contributed by atoms with Gasteiger partial charge in [-0.25, -0.2) is 0 Å². The highest BCUT2D eigenvalue weighted by atomic mass is 16.3. The molecule has 1 N–H and O–H groups in total. The topological polar surface area (TPSA) is 23.5 Å². The average molecular weight is 183 g/mol. The maximum absolute atomic E-state index is 9.61. The average Bonchev–Trinajstić information content (AvgIpc) is 1.75. The molecule has 0 aromatic carbocycles. The molecule has 2 fully saturated rings. The lowest BCUT2D eigenvalue weighted by Gasteiger charge is -2.48. The lowest BCUT2D eigenvalue weighted by atomic mass is 9.72. The Kier molecular flexibility index (Phi) is 2.37. The van der Waals surface area contributed by atoms with Crippen molar-refractivity contribution in [1.29, 1.82) is 0 Å². The fraction of sp³-hybridized carbons (Fsp3) is 1.00. The van der Waals surface area contributed by atoms with E-state index in [1.807, 2.05) is 13.8 Å². The smallest absolute Gasteiger partial charge is 0.0718 e. The van der Waals surface area contributed by atoms with Crippen molar-refractivity contribution in [1.82, 2.24) is 4.90 Å². The van der Waals surface area contributed by atoms with Crippen molar-refractivity contribution in [3.05, 3.63) is 0 Å². The third-order valence-electron chi connectivity index (χ3n) is 3.41. The van der Waals surface area contributed by atoms with Crippen molar-refractivity contribution in [3.8, 4) is 0 Å². The van der Waals surface area contributed by atoms with Crippen molar-refractivity contribution in [2.75, 3.05) is 19.6 Å². The van der Waals surface area contributed by atoms with E-state index in [0.717, 1.165) is 18.4 Å². The Morgan fingerprint density at radius 3 is 2.23 bits per heavy atom. The summed E-state index contributed by atoms with van der Waals surface area (Å²) in [5, 5.41) is 9.61. The zero-order valence-corrected chi connectivity index (χ0v) is 8.79. The minimum absolute atomic E-state index is 0.509. The molecule has 2 rings (SSSR count). The Bertz CT molecular complexity index is 175. The predicted molar refractivity (Wildman–Crippen MR) is 53.6 cm³/mol. The quantitative estimate of drug-likeness (QED) is 0.716. The number of β-amino-alcohol motifs (C(OH)–C–C–N with tert-alkyl or cyclic N) is 1. The van der Waals surface area contributed by atoms with E-state index in [9.17, 15) is 5.11 Å². The van der Waals surface area contributed by atoms with Gasteiger partial charge in [-0.1, -0.05) is 19.3 Å². The van der Waals surface area contributed by atoms with Crippen molar-refractivity contribution >= 4 is 0 Å². The first-order chi connectivity index (χ1) is 6.04. The highest BCUT2D eigenvalue weighted by Crippen LogP contribution is 2.38. The van der Waals surface area contributed by atoms with Crippen LogP contribution in [-0.4, -0.2) is 35.2 Å². The van der Waals surface area contributed by atoms with Crippen LogP contribution in [0, 0.1) is 11.8 Å². The van der Waals surface area contributed by atoms with Gasteiger partial charge in [0.15, 0.2) is 0 Å². The lowest BCUT2D eigenvalue weighted by molar-refractivity contribution is -0.0339. The second-order valence-corrected chi connectivity index (χ2v) is 5.46. The van der Waals surface area contributed by atoms with E-state index in [1.54, 1.807) is 0 Å². The first kappa shape index (κ1) is 9.47. The summed E-state index contributed by atoms with van der Waals surface area (Å²) in [6.07, 6.45) is 4.37. The number of likely N-dealkylation sites (tertiary alicyclic amines) is 1. The summed E-state index contributed by atoms with van der Waals surface area (Å²) in [6.45, 7) is 7.09. The highest BCUT2D eigenvalue weighted by molar-refractivity contribution is 4.90. The number of rotatable bonds is 3. The molecule has 2 heteroatoms. The Labute approximate surface area is 80.9 Å². The van der Waals surface area contributed by atoms with E-state index < -0.39 is 5.60 Å². The monoisotopic (exact) mass is 183 g/mol. The summed E-state index contributed by atoms with van der Waals surface area (Å²) in [5.41, 5.74) is -0.509. The molecule has 2 aliphatic rings. The van der Waals surface area contributed by atoms with Crippen LogP contribution in [0.1, 0.15) is 33.1 Å². The van der Waals surface area contributed by atoms with Crippen molar-refractivity contribution in [2.24, 2.45) is 11.8 Å². The Hall–Kier alpha value is -0.0800. The van der Waals surface area contributed by atoms with Gasteiger partial charge >= 0.3 is 0 Å². The minimum atomic E-state index is -0.509. The van der Waals surface area contributed by atoms with Crippen LogP contribution >= 0.6 is 0 Å². The number of hydrogen-bond acceptors (Lipinski definition) is 2. The third-order valence-corrected chi connectivity index (χ3v) is 3.41. The Morgan fingerprint density at radius 1 is 1.23 bits per heavy atom. The Morgan fingerprint density at radius 2 is 1.85 bits per heavy atom. The molecule has 0 atom stereocenters. The third kappa shape index (κ3) is 2.23. The van der Waals surface area contributed by atoms with Crippen LogP contribution in [0.2, 0.25) is 0 Å². The van der Waals surface area contributed by atoms with Crippen molar-refractivity contribution < 1.29 is 5.11 Å². The van der Waals surface area contributed by atoms with E-state index in [0.29, 0.717) is 0 Å². The summed E-state index contributed by atoms with van der Waals surface area (Å²) in [5.74, 6) is 1.98. The molecule has 1 saturated heterocycles. The molecular weight excluding hydrogens is 162 g/mol. The molecule has 1 aliphatic heterocycles. The molecule has 1 aliphatic carbocycles. The summed E-state index contributed by atoms with van der Waals surface area (Å²) < 4.78 is 0. The van der Waals surface area contributed by atoms with Gasteiger partial charge < -0.3 is 5.11 Å². The summed E-state index contributed by atoms with van der Waals surface area (Å²) >= 11 is 0. The Balaban J connectivity index is 1.66. The van der Waals surface area contributed by atoms with E-state index >= 15 is 0 Å². The molecule has 0 aromatic rings. The lowest BCUT2D eigenvalue weighted by Crippen LogP contribution is -2.55. The standard InChI is InChI=1S/C11H21NO/c1-11(2,13)8-12-6-10(7-12)9-4-3-5-9/h9-10,13H,3-8H2,1-2H3. The van der Waals surface area contributed by atoms with Gasteiger partial charge in [-0.2, -0.15) is 0 Å². The maximum atomic E-state index is 9.61. The van der Waals surface area contributed by atoms with Gasteiger partial charge in [-0.15, -0.1) is 0 Å². The van der Waals surface area contributed by atoms with Crippen LogP contribution in [0.15, 0.2) is 0 Å². The molecule has 1 heterocycles. The van der Waals surface area contributed by atoms with Gasteiger partial charge in [0.25, 0.3) is 0 Å². The molecule has 0 aromatic heterocycles. The zero-order valence-electron chi connectivity index (χ0n) is 8.79. The normalized spacial score (nSPS) is 27.0. The summed E-state index contributed by atoms with van der Waals surface area (Å²) in [6, 6.07) is 0. The fourth-order valence-electron chi connectivity index (χ4n) is 2.50. The number of aliphatic hydroxyl groups is 1. The molecule has 76 valence electrons. The van der Waals surface area contributed by atoms with E-state index in [-0.39, 0.29) is 0 Å². The first-order valence-corrected chi connectivity index (χ1v) is 5.49. The van der Waals surface area contributed by atoms with Crippen LogP contribution in [0.25, 0.3) is 0 Å². The number of hydrogen-bond donors (Lipinski definition) is 1. The fourth-order valence-corrected chi connectivity index (χ4v) is 2.50. The maximum Gasteiger partial charge on any atom is 0.0718 e. The molecule has 13 heavy (non-hydrogen) atoms. The molecule has 0 bridgehead atoms. The molecule has 2 nitrogen and oxygen atoms in total. The molecule has 0 amide bonds. The minimum Gasteiger partial charge on any atom is -0.389 e. The van der Waals surface area contributed by atoms with E-state index in [4.69, 9.17) is 0 Å². The molecule has 0 unspecified atom stereocenters. The van der Waals surface area contributed by atoms with E-state index in [2.05, 4.69) is 4.90 Å². The second-order valence-electron chi connectivity index (χ2n) is 5.46.